The minimum Gasteiger partial charge on any atom is -0.491 e. The molecule has 2 aromatic rings. The third-order valence-corrected chi connectivity index (χ3v) is 5.91. The molecule has 1 aromatic heterocycles. The lowest BCUT2D eigenvalue weighted by atomic mass is 10.1. The fourth-order valence-corrected chi connectivity index (χ4v) is 3.88. The summed E-state index contributed by atoms with van der Waals surface area (Å²) in [4.78, 5) is 40.8. The Bertz CT molecular complexity index is 1160. The molecule has 0 atom stereocenters. The van der Waals surface area contributed by atoms with Gasteiger partial charge in [-0.25, -0.2) is 8.78 Å². The van der Waals surface area contributed by atoms with Gasteiger partial charge in [-0.2, -0.15) is 0 Å². The Morgan fingerprint density at radius 3 is 2.62 bits per heavy atom. The van der Waals surface area contributed by atoms with Crippen molar-refractivity contribution in [2.24, 2.45) is 5.92 Å². The second-order valence-corrected chi connectivity index (χ2v) is 8.35. The summed E-state index contributed by atoms with van der Waals surface area (Å²) in [5, 5.41) is 4.38. The van der Waals surface area contributed by atoms with Crippen molar-refractivity contribution >= 4 is 11.8 Å². The molecule has 1 aliphatic carbocycles. The molecule has 0 unspecified atom stereocenters. The van der Waals surface area contributed by atoms with Crippen LogP contribution in [0.5, 0.6) is 5.75 Å². The number of ether oxygens (including phenoxy) is 2. The van der Waals surface area contributed by atoms with Gasteiger partial charge in [0.05, 0.1) is 13.7 Å². The van der Waals surface area contributed by atoms with Crippen LogP contribution in [-0.4, -0.2) is 62.0 Å². The fraction of sp³-hybridized carbons (Fsp3) is 0.435. The Morgan fingerprint density at radius 1 is 1.21 bits per heavy atom. The first kappa shape index (κ1) is 23.7. The number of nitrogens with zero attached hydrogens (tertiary/aromatic N) is 3. The Balaban J connectivity index is 1.68. The van der Waals surface area contributed by atoms with Crippen molar-refractivity contribution in [3.8, 4) is 5.75 Å². The van der Waals surface area contributed by atoms with Gasteiger partial charge in [-0.05, 0) is 24.8 Å². The molecular weight excluding hydrogens is 450 g/mol. The Kier molecular flexibility index (Phi) is 6.82. The molecule has 0 spiro atoms. The predicted octanol–water partition coefficient (Wildman–Crippen LogP) is 1.47. The molecule has 0 saturated heterocycles. The van der Waals surface area contributed by atoms with E-state index in [1.165, 1.54) is 31.2 Å². The van der Waals surface area contributed by atoms with Gasteiger partial charge >= 0.3 is 0 Å². The Morgan fingerprint density at radius 2 is 1.97 bits per heavy atom. The second kappa shape index (κ2) is 9.80. The van der Waals surface area contributed by atoms with Gasteiger partial charge in [-0.15, -0.1) is 0 Å². The molecule has 1 fully saturated rings. The zero-order chi connectivity index (χ0) is 24.4. The van der Waals surface area contributed by atoms with E-state index >= 15 is 0 Å². The lowest BCUT2D eigenvalue weighted by Gasteiger charge is -2.40. The minimum absolute atomic E-state index is 0.0385. The number of benzene rings is 1. The van der Waals surface area contributed by atoms with Gasteiger partial charge in [0.15, 0.2) is 11.4 Å². The van der Waals surface area contributed by atoms with Crippen LogP contribution in [0.15, 0.2) is 29.2 Å². The maximum absolute atomic E-state index is 13.9. The molecule has 0 radical (unpaired) electrons. The highest BCUT2D eigenvalue weighted by Gasteiger charge is 2.36. The maximum atomic E-state index is 13.9. The summed E-state index contributed by atoms with van der Waals surface area (Å²) in [6.07, 6.45) is 3.45. The maximum Gasteiger partial charge on any atom is 0.277 e. The average Bonchev–Trinajstić information content (AvgIpc) is 3.63. The van der Waals surface area contributed by atoms with Crippen molar-refractivity contribution in [1.82, 2.24) is 14.9 Å². The topological polar surface area (TPSA) is 93.1 Å². The number of hydrogen-bond acceptors (Lipinski definition) is 6. The number of amides is 2. The summed E-state index contributed by atoms with van der Waals surface area (Å²) < 4.78 is 39.0. The van der Waals surface area contributed by atoms with Gasteiger partial charge in [0.2, 0.25) is 5.43 Å². The van der Waals surface area contributed by atoms with E-state index in [0.29, 0.717) is 25.6 Å². The number of rotatable bonds is 9. The summed E-state index contributed by atoms with van der Waals surface area (Å²) in [6.45, 7) is 1.32. The highest BCUT2D eigenvalue weighted by atomic mass is 19.1. The largest absolute Gasteiger partial charge is 0.491 e. The highest BCUT2D eigenvalue weighted by Crippen LogP contribution is 2.31. The summed E-state index contributed by atoms with van der Waals surface area (Å²) in [5.74, 6) is -2.49. The van der Waals surface area contributed by atoms with E-state index in [1.54, 1.807) is 4.90 Å². The van der Waals surface area contributed by atoms with E-state index < -0.39 is 28.9 Å². The molecule has 182 valence electrons. The zero-order valence-electron chi connectivity index (χ0n) is 19.0. The minimum atomic E-state index is -0.808. The molecule has 9 nitrogen and oxygen atoms in total. The summed E-state index contributed by atoms with van der Waals surface area (Å²) in [6, 6.07) is 3.02. The molecule has 0 bridgehead atoms. The van der Waals surface area contributed by atoms with Crippen LogP contribution in [-0.2, 0) is 11.3 Å². The van der Waals surface area contributed by atoms with Crippen LogP contribution in [0.4, 0.5) is 8.78 Å². The number of fused-ring (bicyclic) bond motifs is 1. The van der Waals surface area contributed by atoms with Crippen molar-refractivity contribution in [2.75, 3.05) is 45.6 Å². The molecular formula is C23H26F2N4O5. The molecule has 1 aliphatic heterocycles. The first-order valence-electron chi connectivity index (χ1n) is 10.9. The van der Waals surface area contributed by atoms with Crippen LogP contribution in [0.3, 0.4) is 0 Å². The molecule has 2 amide bonds. The molecule has 4 rings (SSSR count). The fourth-order valence-electron chi connectivity index (χ4n) is 3.88. The second-order valence-electron chi connectivity index (χ2n) is 8.35. The van der Waals surface area contributed by atoms with E-state index in [9.17, 15) is 23.2 Å². The normalized spacial score (nSPS) is 15.4. The third kappa shape index (κ3) is 4.74. The third-order valence-electron chi connectivity index (χ3n) is 5.91. The molecule has 1 N–H and O–H groups in total. The number of carbonyl (C=O) groups excluding carboxylic acids is 2. The van der Waals surface area contributed by atoms with Crippen LogP contribution in [0, 0.1) is 17.6 Å². The summed E-state index contributed by atoms with van der Waals surface area (Å²) in [5.41, 5.74) is -0.892. The van der Waals surface area contributed by atoms with Gasteiger partial charge in [0.1, 0.15) is 23.9 Å². The number of carbonyl (C=O) groups is 2. The first-order valence-corrected chi connectivity index (χ1v) is 10.9. The molecule has 1 aromatic carbocycles. The smallest absolute Gasteiger partial charge is 0.277 e. The van der Waals surface area contributed by atoms with E-state index in [0.717, 1.165) is 25.0 Å². The number of hydrogen-bond donors (Lipinski definition) is 1. The van der Waals surface area contributed by atoms with Gasteiger partial charge in [-0.1, -0.05) is 6.07 Å². The Hall–Kier alpha value is -3.47. The lowest BCUT2D eigenvalue weighted by molar-refractivity contribution is 0.0620. The number of aromatic nitrogens is 1. The molecule has 2 heterocycles. The summed E-state index contributed by atoms with van der Waals surface area (Å²) >= 11 is 0. The number of halogens is 2. The van der Waals surface area contributed by atoms with Crippen molar-refractivity contribution in [1.29, 1.82) is 0 Å². The summed E-state index contributed by atoms with van der Waals surface area (Å²) in [7, 11) is 2.80. The number of methoxy groups -OCH3 is 2. The number of pyridine rings is 1. The van der Waals surface area contributed by atoms with Crippen LogP contribution in [0.2, 0.25) is 0 Å². The standard InChI is InChI=1S/C23H26F2N4O5/c1-33-8-7-27-13-28(11-14-3-4-14)29-12-17(20(30)21(34-2)19(29)23(27)32)22(31)26-10-15-5-6-16(24)9-18(15)25/h5-6,9,12,14H,3-4,7-8,10-11,13H2,1-2H3,(H,26,31). The van der Waals surface area contributed by atoms with Gasteiger partial charge < -0.3 is 19.7 Å². The quantitative estimate of drug-likeness (QED) is 0.589. The van der Waals surface area contributed by atoms with E-state index in [1.807, 2.05) is 5.01 Å². The van der Waals surface area contributed by atoms with E-state index in [-0.39, 0.29) is 35.8 Å². The van der Waals surface area contributed by atoms with Crippen molar-refractivity contribution in [2.45, 2.75) is 19.4 Å². The van der Waals surface area contributed by atoms with Crippen molar-refractivity contribution in [3.63, 3.8) is 0 Å². The van der Waals surface area contributed by atoms with E-state index in [2.05, 4.69) is 5.32 Å². The number of nitrogens with one attached hydrogen (secondary N) is 1. The Labute approximate surface area is 194 Å². The average molecular weight is 476 g/mol. The van der Waals surface area contributed by atoms with Crippen molar-refractivity contribution in [3.05, 3.63) is 63.1 Å². The van der Waals surface area contributed by atoms with E-state index in [4.69, 9.17) is 9.47 Å². The van der Waals surface area contributed by atoms with Crippen LogP contribution < -0.4 is 20.5 Å². The van der Waals surface area contributed by atoms with Crippen LogP contribution in [0.1, 0.15) is 39.3 Å². The first-order chi connectivity index (χ1) is 16.3. The SMILES string of the molecule is COCCN1CN(CC2CC2)n2cc(C(=O)NCc3ccc(F)cc3F)c(=O)c(OC)c2C1=O. The van der Waals surface area contributed by atoms with Crippen LogP contribution >= 0.6 is 0 Å². The van der Waals surface area contributed by atoms with Crippen LogP contribution in [0.25, 0.3) is 0 Å². The lowest BCUT2D eigenvalue weighted by Crippen LogP contribution is -2.56. The van der Waals surface area contributed by atoms with Gasteiger partial charge in [-0.3, -0.25) is 24.1 Å². The van der Waals surface area contributed by atoms with Gasteiger partial charge in [0, 0.05) is 44.6 Å². The predicted molar refractivity (Wildman–Crippen MR) is 118 cm³/mol. The molecule has 1 saturated carbocycles. The molecule has 11 heteroatoms. The monoisotopic (exact) mass is 476 g/mol. The zero-order valence-corrected chi connectivity index (χ0v) is 19.0. The van der Waals surface area contributed by atoms with Crippen molar-refractivity contribution < 1.29 is 27.8 Å². The molecule has 34 heavy (non-hydrogen) atoms. The highest BCUT2D eigenvalue weighted by molar-refractivity contribution is 5.99. The molecule has 2 aliphatic rings. The van der Waals surface area contributed by atoms with Gasteiger partial charge in [0.25, 0.3) is 11.8 Å².